The minimum atomic E-state index is -0.458. The largest absolute Gasteiger partial charge is 0.377 e. The van der Waals surface area contributed by atoms with E-state index in [1.807, 2.05) is 0 Å². The number of nitrogens with one attached hydrogen (secondary N) is 2. The van der Waals surface area contributed by atoms with Gasteiger partial charge in [-0.3, -0.25) is 14.9 Å². The second-order valence-corrected chi connectivity index (χ2v) is 7.09. The average molecular weight is 370 g/mol. The lowest BCUT2D eigenvalue weighted by molar-refractivity contribution is -0.384. The number of amides is 1. The molecule has 1 aliphatic carbocycles. The summed E-state index contributed by atoms with van der Waals surface area (Å²) in [6.07, 6.45) is 6.29. The number of nitro benzene ring substituents is 1. The topological polar surface area (TPSA) is 115 Å². The smallest absolute Gasteiger partial charge is 0.293 e. The summed E-state index contributed by atoms with van der Waals surface area (Å²) in [6, 6.07) is 4.84. The number of fused-ring (bicyclic) bond motifs is 1. The zero-order chi connectivity index (χ0) is 18.8. The van der Waals surface area contributed by atoms with Crippen LogP contribution in [-0.2, 0) is 19.5 Å². The summed E-state index contributed by atoms with van der Waals surface area (Å²) in [6.45, 7) is 1.11. The van der Waals surface area contributed by atoms with Crippen molar-refractivity contribution < 1.29 is 9.72 Å². The first-order chi connectivity index (χ1) is 13.1. The number of anilines is 1. The van der Waals surface area contributed by atoms with E-state index in [4.69, 9.17) is 0 Å². The predicted octanol–water partition coefficient (Wildman–Crippen LogP) is 2.42. The maximum atomic E-state index is 12.5. The maximum Gasteiger partial charge on any atom is 0.293 e. The number of hydrogen-bond acceptors (Lipinski definition) is 6. The average Bonchev–Trinajstić information content (AvgIpc) is 3.44. The van der Waals surface area contributed by atoms with Gasteiger partial charge in [0.15, 0.2) is 5.82 Å². The van der Waals surface area contributed by atoms with Crippen LogP contribution in [-0.4, -0.2) is 31.6 Å². The molecule has 27 heavy (non-hydrogen) atoms. The van der Waals surface area contributed by atoms with E-state index in [-0.39, 0.29) is 23.7 Å². The third-order valence-electron chi connectivity index (χ3n) is 4.99. The van der Waals surface area contributed by atoms with Gasteiger partial charge in [0.1, 0.15) is 11.5 Å². The van der Waals surface area contributed by atoms with E-state index in [1.165, 1.54) is 12.5 Å². The normalized spacial score (nSPS) is 16.3. The lowest BCUT2D eigenvalue weighted by Gasteiger charge is -2.10. The molecule has 1 amide bonds. The Bertz CT molecular complexity index is 874. The molecule has 4 rings (SSSR count). The third-order valence-corrected chi connectivity index (χ3v) is 4.99. The van der Waals surface area contributed by atoms with Gasteiger partial charge in [0.25, 0.3) is 11.6 Å². The number of carbonyl (C=O) groups is 1. The molecule has 1 aromatic heterocycles. The fraction of sp³-hybridized carbons (Fsp3) is 0.500. The molecule has 1 aliphatic heterocycles. The molecule has 0 bridgehead atoms. The van der Waals surface area contributed by atoms with Gasteiger partial charge >= 0.3 is 0 Å². The number of nitrogens with zero attached hydrogens (tertiary/aromatic N) is 4. The molecule has 0 saturated heterocycles. The summed E-state index contributed by atoms with van der Waals surface area (Å²) in [7, 11) is 0. The van der Waals surface area contributed by atoms with Crippen molar-refractivity contribution in [3.8, 4) is 0 Å². The van der Waals surface area contributed by atoms with Gasteiger partial charge in [-0.05, 0) is 37.8 Å². The molecule has 9 heteroatoms. The summed E-state index contributed by atoms with van der Waals surface area (Å²) >= 11 is 0. The summed E-state index contributed by atoms with van der Waals surface area (Å²) in [4.78, 5) is 23.4. The Labute approximate surface area is 156 Å². The van der Waals surface area contributed by atoms with Crippen molar-refractivity contribution in [2.24, 2.45) is 0 Å². The van der Waals surface area contributed by atoms with E-state index in [0.29, 0.717) is 11.7 Å². The van der Waals surface area contributed by atoms with E-state index < -0.39 is 4.92 Å². The van der Waals surface area contributed by atoms with E-state index in [1.54, 1.807) is 12.1 Å². The van der Waals surface area contributed by atoms with Crippen LogP contribution in [0.2, 0.25) is 0 Å². The van der Waals surface area contributed by atoms with Crippen molar-refractivity contribution >= 4 is 17.3 Å². The Morgan fingerprint density at radius 3 is 2.89 bits per heavy atom. The first kappa shape index (κ1) is 17.4. The Hall–Kier alpha value is -2.97. The zero-order valence-electron chi connectivity index (χ0n) is 15.0. The second kappa shape index (κ2) is 7.34. The predicted molar refractivity (Wildman–Crippen MR) is 98.5 cm³/mol. The molecule has 9 nitrogen and oxygen atoms in total. The molecule has 0 unspecified atom stereocenters. The van der Waals surface area contributed by atoms with Crippen molar-refractivity contribution in [3.05, 3.63) is 45.5 Å². The van der Waals surface area contributed by atoms with Gasteiger partial charge in [-0.15, -0.1) is 10.2 Å². The maximum absolute atomic E-state index is 12.5. The number of nitro groups is 1. The number of carbonyl (C=O) groups excluding carboxylic acids is 1. The highest BCUT2D eigenvalue weighted by atomic mass is 16.6. The van der Waals surface area contributed by atoms with Crippen LogP contribution in [0.5, 0.6) is 0 Å². The minimum Gasteiger partial charge on any atom is -0.377 e. The van der Waals surface area contributed by atoms with Crippen molar-refractivity contribution in [2.45, 2.75) is 57.7 Å². The molecule has 0 atom stereocenters. The van der Waals surface area contributed by atoms with Gasteiger partial charge in [0.05, 0.1) is 11.5 Å². The van der Waals surface area contributed by atoms with E-state index in [9.17, 15) is 14.9 Å². The van der Waals surface area contributed by atoms with Gasteiger partial charge in [-0.1, -0.05) is 6.42 Å². The summed E-state index contributed by atoms with van der Waals surface area (Å²) in [5.74, 6) is 1.33. The SMILES string of the molecule is O=C(NCc1nnc2n1CCCCC2)c1ccc(NC2CC2)c([N+](=O)[O-])c1. The number of rotatable bonds is 6. The molecular weight excluding hydrogens is 348 g/mol. The van der Waals surface area contributed by atoms with Crippen molar-refractivity contribution in [1.29, 1.82) is 0 Å². The Balaban J connectivity index is 1.46. The van der Waals surface area contributed by atoms with Crippen LogP contribution >= 0.6 is 0 Å². The van der Waals surface area contributed by atoms with Crippen molar-refractivity contribution in [3.63, 3.8) is 0 Å². The van der Waals surface area contributed by atoms with E-state index in [0.717, 1.165) is 50.3 Å². The molecule has 142 valence electrons. The standard InChI is InChI=1S/C18H22N6O3/c25-18(19-11-17-22-21-16-4-2-1-3-9-23(16)17)12-5-8-14(20-13-6-7-13)15(10-12)24(26)27/h5,8,10,13,20H,1-4,6-7,9,11H2,(H,19,25). The van der Waals surface area contributed by atoms with Crippen molar-refractivity contribution in [2.75, 3.05) is 5.32 Å². The van der Waals surface area contributed by atoms with Crippen LogP contribution in [0, 0.1) is 10.1 Å². The Morgan fingerprint density at radius 1 is 1.26 bits per heavy atom. The fourth-order valence-corrected chi connectivity index (χ4v) is 3.33. The molecule has 1 aromatic carbocycles. The summed E-state index contributed by atoms with van der Waals surface area (Å²) in [5.41, 5.74) is 0.645. The summed E-state index contributed by atoms with van der Waals surface area (Å²) in [5, 5.41) is 25.7. The minimum absolute atomic E-state index is 0.0779. The highest BCUT2D eigenvalue weighted by molar-refractivity contribution is 5.95. The molecule has 1 fully saturated rings. The quantitative estimate of drug-likeness (QED) is 0.596. The van der Waals surface area contributed by atoms with E-state index >= 15 is 0 Å². The molecule has 2 N–H and O–H groups in total. The Morgan fingerprint density at radius 2 is 2.11 bits per heavy atom. The molecule has 0 spiro atoms. The van der Waals surface area contributed by atoms with Crippen LogP contribution in [0.4, 0.5) is 11.4 Å². The van der Waals surface area contributed by atoms with Crippen LogP contribution in [0.15, 0.2) is 18.2 Å². The molecule has 0 radical (unpaired) electrons. The monoisotopic (exact) mass is 370 g/mol. The third kappa shape index (κ3) is 3.91. The zero-order valence-corrected chi connectivity index (χ0v) is 15.0. The number of hydrogen-bond donors (Lipinski definition) is 2. The van der Waals surface area contributed by atoms with Gasteiger partial charge in [0, 0.05) is 30.6 Å². The number of aromatic nitrogens is 3. The molecular formula is C18H22N6O3. The van der Waals surface area contributed by atoms with Crippen LogP contribution in [0.1, 0.15) is 54.1 Å². The highest BCUT2D eigenvalue weighted by Crippen LogP contribution is 2.31. The number of aryl methyl sites for hydroxylation is 1. The Kier molecular flexibility index (Phi) is 4.74. The first-order valence-electron chi connectivity index (χ1n) is 9.36. The van der Waals surface area contributed by atoms with Gasteiger partial charge in [-0.25, -0.2) is 0 Å². The number of benzene rings is 1. The molecule has 1 saturated carbocycles. The molecule has 2 aromatic rings. The lowest BCUT2D eigenvalue weighted by Crippen LogP contribution is -2.25. The summed E-state index contributed by atoms with van der Waals surface area (Å²) < 4.78 is 2.07. The molecule has 2 heterocycles. The lowest BCUT2D eigenvalue weighted by atomic mass is 10.1. The molecule has 2 aliphatic rings. The second-order valence-electron chi connectivity index (χ2n) is 7.09. The van der Waals surface area contributed by atoms with E-state index in [2.05, 4.69) is 25.4 Å². The van der Waals surface area contributed by atoms with Gasteiger partial charge in [0.2, 0.25) is 0 Å². The fourth-order valence-electron chi connectivity index (χ4n) is 3.33. The highest BCUT2D eigenvalue weighted by Gasteiger charge is 2.25. The van der Waals surface area contributed by atoms with Crippen molar-refractivity contribution in [1.82, 2.24) is 20.1 Å². The van der Waals surface area contributed by atoms with Crippen LogP contribution in [0.25, 0.3) is 0 Å². The van der Waals surface area contributed by atoms with Crippen LogP contribution < -0.4 is 10.6 Å². The van der Waals surface area contributed by atoms with Crippen LogP contribution in [0.3, 0.4) is 0 Å². The van der Waals surface area contributed by atoms with Gasteiger partial charge in [-0.2, -0.15) is 0 Å². The first-order valence-corrected chi connectivity index (χ1v) is 9.36. The van der Waals surface area contributed by atoms with Gasteiger partial charge < -0.3 is 15.2 Å².